The molecular weight excluding hydrogens is 248 g/mol. The summed E-state index contributed by atoms with van der Waals surface area (Å²) in [5.74, 6) is -1.50. The van der Waals surface area contributed by atoms with Gasteiger partial charge in [-0.1, -0.05) is 12.5 Å². The minimum Gasteiger partial charge on any atom is -0.333 e. The average molecular weight is 265 g/mol. The van der Waals surface area contributed by atoms with Crippen LogP contribution in [0.1, 0.15) is 50.1 Å². The minimum atomic E-state index is -0.833. The van der Waals surface area contributed by atoms with Gasteiger partial charge in [0.05, 0.1) is 6.04 Å². The Morgan fingerprint density at radius 2 is 1.89 bits per heavy atom. The standard InChI is InChI=1S/C15H17F2NO/c16-12-7-5-10(9-13(12)17)14-8-6-11-3-1-2-4-15(19)18(11)14/h5,7,9,11,14H,1-4,6,8H2/t11-,14-/m1/s1. The lowest BCUT2D eigenvalue weighted by Gasteiger charge is -2.29. The van der Waals surface area contributed by atoms with Gasteiger partial charge in [-0.05, 0) is 43.4 Å². The first kappa shape index (κ1) is 12.6. The number of hydrogen-bond acceptors (Lipinski definition) is 1. The van der Waals surface area contributed by atoms with Crippen LogP contribution in [-0.2, 0) is 4.79 Å². The third-order valence-electron chi connectivity index (χ3n) is 4.30. The van der Waals surface area contributed by atoms with Gasteiger partial charge in [0.15, 0.2) is 11.6 Å². The smallest absolute Gasteiger partial charge is 0.223 e. The van der Waals surface area contributed by atoms with Crippen LogP contribution in [0.25, 0.3) is 0 Å². The number of halogens is 2. The molecule has 1 aromatic rings. The van der Waals surface area contributed by atoms with Gasteiger partial charge in [0.1, 0.15) is 0 Å². The molecule has 1 aromatic carbocycles. The highest BCUT2D eigenvalue weighted by Crippen LogP contribution is 2.40. The van der Waals surface area contributed by atoms with E-state index < -0.39 is 11.6 Å². The Morgan fingerprint density at radius 1 is 1.05 bits per heavy atom. The second kappa shape index (κ2) is 4.91. The number of amides is 1. The van der Waals surface area contributed by atoms with Gasteiger partial charge in [-0.15, -0.1) is 0 Å². The largest absolute Gasteiger partial charge is 0.333 e. The van der Waals surface area contributed by atoms with E-state index in [1.807, 2.05) is 4.90 Å². The van der Waals surface area contributed by atoms with Gasteiger partial charge in [0.2, 0.25) is 5.91 Å². The average Bonchev–Trinajstić information content (AvgIpc) is 2.73. The molecular formula is C15H17F2NO. The fourth-order valence-corrected chi connectivity index (χ4v) is 3.38. The van der Waals surface area contributed by atoms with E-state index >= 15 is 0 Å². The quantitative estimate of drug-likeness (QED) is 0.760. The first-order chi connectivity index (χ1) is 9.16. The lowest BCUT2D eigenvalue weighted by atomic mass is 10.0. The highest BCUT2D eigenvalue weighted by atomic mass is 19.2. The summed E-state index contributed by atoms with van der Waals surface area (Å²) < 4.78 is 26.4. The Labute approximate surface area is 111 Å². The molecule has 2 atom stereocenters. The van der Waals surface area contributed by atoms with Crippen molar-refractivity contribution in [1.82, 2.24) is 4.90 Å². The molecule has 0 spiro atoms. The lowest BCUT2D eigenvalue weighted by molar-refractivity contribution is -0.133. The first-order valence-electron chi connectivity index (χ1n) is 6.93. The summed E-state index contributed by atoms with van der Waals surface area (Å²) in [7, 11) is 0. The Balaban J connectivity index is 1.91. The van der Waals surface area contributed by atoms with Crippen LogP contribution in [0.5, 0.6) is 0 Å². The molecule has 2 fully saturated rings. The summed E-state index contributed by atoms with van der Waals surface area (Å²) in [6.45, 7) is 0. The molecule has 0 aliphatic carbocycles. The van der Waals surface area contributed by atoms with Gasteiger partial charge in [0.25, 0.3) is 0 Å². The van der Waals surface area contributed by atoms with E-state index in [0.29, 0.717) is 6.42 Å². The summed E-state index contributed by atoms with van der Waals surface area (Å²) >= 11 is 0. The topological polar surface area (TPSA) is 20.3 Å². The molecule has 0 unspecified atom stereocenters. The van der Waals surface area contributed by atoms with Gasteiger partial charge in [-0.3, -0.25) is 4.79 Å². The minimum absolute atomic E-state index is 0.0781. The highest BCUT2D eigenvalue weighted by molar-refractivity contribution is 5.77. The van der Waals surface area contributed by atoms with Crippen LogP contribution in [0.3, 0.4) is 0 Å². The molecule has 2 nitrogen and oxygen atoms in total. The number of fused-ring (bicyclic) bond motifs is 1. The maximum Gasteiger partial charge on any atom is 0.223 e. The number of carbonyl (C=O) groups excluding carboxylic acids is 1. The van der Waals surface area contributed by atoms with Crippen LogP contribution in [0.4, 0.5) is 8.78 Å². The van der Waals surface area contributed by atoms with Crippen molar-refractivity contribution in [3.8, 4) is 0 Å². The maximum atomic E-state index is 13.4. The first-order valence-corrected chi connectivity index (χ1v) is 6.93. The van der Waals surface area contributed by atoms with Gasteiger partial charge < -0.3 is 4.90 Å². The van der Waals surface area contributed by atoms with E-state index in [9.17, 15) is 13.6 Å². The molecule has 0 N–H and O–H groups in total. The van der Waals surface area contributed by atoms with Gasteiger partial charge in [0, 0.05) is 12.5 Å². The van der Waals surface area contributed by atoms with Crippen molar-refractivity contribution in [2.24, 2.45) is 0 Å². The van der Waals surface area contributed by atoms with Crippen LogP contribution in [0.2, 0.25) is 0 Å². The molecule has 0 bridgehead atoms. The zero-order valence-electron chi connectivity index (χ0n) is 10.7. The van der Waals surface area contributed by atoms with Crippen LogP contribution in [0, 0.1) is 11.6 Å². The van der Waals surface area contributed by atoms with Crippen molar-refractivity contribution >= 4 is 5.91 Å². The fourth-order valence-electron chi connectivity index (χ4n) is 3.38. The molecule has 3 rings (SSSR count). The molecule has 2 heterocycles. The summed E-state index contributed by atoms with van der Waals surface area (Å²) in [6, 6.07) is 4.20. The third kappa shape index (κ3) is 2.24. The monoisotopic (exact) mass is 265 g/mol. The number of nitrogens with zero attached hydrogens (tertiary/aromatic N) is 1. The summed E-state index contributed by atoms with van der Waals surface area (Å²) in [6.07, 6.45) is 5.45. The zero-order valence-corrected chi connectivity index (χ0v) is 10.7. The Morgan fingerprint density at radius 3 is 2.68 bits per heavy atom. The van der Waals surface area contributed by atoms with Crippen LogP contribution >= 0.6 is 0 Å². The van der Waals surface area contributed by atoms with Crippen molar-refractivity contribution in [2.45, 2.75) is 50.6 Å². The molecule has 4 heteroatoms. The predicted octanol–water partition coefficient (Wildman–Crippen LogP) is 3.57. The van der Waals surface area contributed by atoms with Gasteiger partial charge in [-0.25, -0.2) is 8.78 Å². The van der Waals surface area contributed by atoms with Crippen molar-refractivity contribution in [3.63, 3.8) is 0 Å². The van der Waals surface area contributed by atoms with Crippen molar-refractivity contribution in [2.75, 3.05) is 0 Å². The maximum absolute atomic E-state index is 13.4. The Bertz CT molecular complexity index is 503. The molecule has 0 saturated carbocycles. The molecule has 102 valence electrons. The molecule has 2 saturated heterocycles. The second-order valence-corrected chi connectivity index (χ2v) is 5.47. The SMILES string of the molecule is O=C1CCCC[C@@H]2CC[C@H](c3ccc(F)c(F)c3)N12. The summed E-state index contributed by atoms with van der Waals surface area (Å²) in [5, 5.41) is 0. The van der Waals surface area contributed by atoms with E-state index in [0.717, 1.165) is 43.7 Å². The summed E-state index contributed by atoms with van der Waals surface area (Å²) in [5.41, 5.74) is 0.719. The van der Waals surface area contributed by atoms with E-state index in [4.69, 9.17) is 0 Å². The highest BCUT2D eigenvalue weighted by Gasteiger charge is 2.38. The van der Waals surface area contributed by atoms with Crippen LogP contribution in [-0.4, -0.2) is 16.8 Å². The third-order valence-corrected chi connectivity index (χ3v) is 4.30. The summed E-state index contributed by atoms with van der Waals surface area (Å²) in [4.78, 5) is 14.1. The number of hydrogen-bond donors (Lipinski definition) is 0. The molecule has 2 aliphatic rings. The zero-order chi connectivity index (χ0) is 13.4. The molecule has 0 aromatic heterocycles. The second-order valence-electron chi connectivity index (χ2n) is 5.47. The number of benzene rings is 1. The van der Waals surface area contributed by atoms with E-state index in [2.05, 4.69) is 0 Å². The van der Waals surface area contributed by atoms with Crippen molar-refractivity contribution in [1.29, 1.82) is 0 Å². The Kier molecular flexibility index (Phi) is 3.25. The number of carbonyl (C=O) groups is 1. The molecule has 0 radical (unpaired) electrons. The molecule has 2 aliphatic heterocycles. The molecule has 1 amide bonds. The number of rotatable bonds is 1. The lowest BCUT2D eigenvalue weighted by Crippen LogP contribution is -2.35. The Hall–Kier alpha value is -1.45. The fraction of sp³-hybridized carbons (Fsp3) is 0.533. The van der Waals surface area contributed by atoms with Gasteiger partial charge >= 0.3 is 0 Å². The molecule has 19 heavy (non-hydrogen) atoms. The van der Waals surface area contributed by atoms with E-state index in [1.165, 1.54) is 6.07 Å². The van der Waals surface area contributed by atoms with Gasteiger partial charge in [-0.2, -0.15) is 0 Å². The van der Waals surface area contributed by atoms with Crippen LogP contribution < -0.4 is 0 Å². The van der Waals surface area contributed by atoms with Crippen LogP contribution in [0.15, 0.2) is 18.2 Å². The predicted molar refractivity (Wildman–Crippen MR) is 67.4 cm³/mol. The van der Waals surface area contributed by atoms with E-state index in [-0.39, 0.29) is 18.0 Å². The van der Waals surface area contributed by atoms with Crippen molar-refractivity contribution in [3.05, 3.63) is 35.4 Å². The van der Waals surface area contributed by atoms with Crippen molar-refractivity contribution < 1.29 is 13.6 Å². The van der Waals surface area contributed by atoms with E-state index in [1.54, 1.807) is 6.07 Å². The normalized spacial score (nSPS) is 27.3.